The molecule has 7 heteroatoms. The van der Waals surface area contributed by atoms with Gasteiger partial charge in [0, 0.05) is 0 Å². The maximum absolute atomic E-state index is 11.3. The smallest absolute Gasteiger partial charge is 0.306 e. The lowest BCUT2D eigenvalue weighted by molar-refractivity contribution is -0.143. The first-order chi connectivity index (χ1) is 13.0. The van der Waals surface area contributed by atoms with Crippen LogP contribution in [0.2, 0.25) is 10.0 Å². The van der Waals surface area contributed by atoms with Gasteiger partial charge in [0.15, 0.2) is 0 Å². The van der Waals surface area contributed by atoms with Crippen LogP contribution in [0.5, 0.6) is 0 Å². The van der Waals surface area contributed by atoms with Gasteiger partial charge in [-0.1, -0.05) is 41.4 Å². The molecule has 27 heavy (non-hydrogen) atoms. The number of hydrogen-bond acceptors (Lipinski definition) is 4. The number of aromatic nitrogens is 1. The van der Waals surface area contributed by atoms with E-state index in [9.17, 15) is 9.90 Å². The molecule has 1 aliphatic rings. The predicted molar refractivity (Wildman–Crippen MR) is 110 cm³/mol. The number of fused-ring (bicyclic) bond motifs is 1. The van der Waals surface area contributed by atoms with Gasteiger partial charge < -0.3 is 5.11 Å². The van der Waals surface area contributed by atoms with Crippen LogP contribution < -0.4 is 0 Å². The number of hydrogen-bond donors (Lipinski definition) is 1. The molecule has 3 aromatic rings. The fourth-order valence-electron chi connectivity index (χ4n) is 3.60. The number of rotatable bonds is 4. The summed E-state index contributed by atoms with van der Waals surface area (Å²) in [7, 11) is 0. The molecule has 2 heterocycles. The molecule has 1 aromatic heterocycles. The van der Waals surface area contributed by atoms with Crippen LogP contribution in [-0.4, -0.2) is 34.0 Å². The van der Waals surface area contributed by atoms with E-state index in [2.05, 4.69) is 11.0 Å². The van der Waals surface area contributed by atoms with Crippen LogP contribution in [0.3, 0.4) is 0 Å². The molecule has 4 nitrogen and oxygen atoms in total. The highest BCUT2D eigenvalue weighted by atomic mass is 35.5. The third-order valence-electron chi connectivity index (χ3n) is 5.05. The number of likely N-dealkylation sites (tertiary alicyclic amines) is 1. The van der Waals surface area contributed by atoms with E-state index in [0.29, 0.717) is 36.0 Å². The molecule has 0 radical (unpaired) electrons. The molecular weight excluding hydrogens is 403 g/mol. The van der Waals surface area contributed by atoms with Crippen LogP contribution in [0, 0.1) is 5.92 Å². The van der Waals surface area contributed by atoms with Crippen LogP contribution in [0.15, 0.2) is 42.5 Å². The molecule has 1 fully saturated rings. The Hall–Kier alpha value is -1.66. The predicted octanol–water partition coefficient (Wildman–Crippen LogP) is 5.49. The van der Waals surface area contributed by atoms with Crippen LogP contribution in [0.4, 0.5) is 0 Å². The Kier molecular flexibility index (Phi) is 5.37. The van der Waals surface area contributed by atoms with Crippen molar-refractivity contribution >= 4 is 50.7 Å². The second kappa shape index (κ2) is 7.76. The average molecular weight is 421 g/mol. The molecule has 0 amide bonds. The van der Waals surface area contributed by atoms with E-state index < -0.39 is 5.97 Å². The molecule has 1 aliphatic heterocycles. The molecule has 1 N–H and O–H groups in total. The summed E-state index contributed by atoms with van der Waals surface area (Å²) in [6.07, 6.45) is 1.27. The van der Waals surface area contributed by atoms with Gasteiger partial charge in [0.1, 0.15) is 5.01 Å². The Morgan fingerprint density at radius 2 is 1.89 bits per heavy atom. The van der Waals surface area contributed by atoms with Crippen molar-refractivity contribution < 1.29 is 9.90 Å². The van der Waals surface area contributed by atoms with Gasteiger partial charge >= 0.3 is 5.97 Å². The number of nitrogens with zero attached hydrogens (tertiary/aromatic N) is 2. The summed E-state index contributed by atoms with van der Waals surface area (Å²) in [4.78, 5) is 18.5. The van der Waals surface area contributed by atoms with Crippen molar-refractivity contribution in [2.45, 2.75) is 18.9 Å². The molecule has 0 saturated carbocycles. The van der Waals surface area contributed by atoms with Crippen LogP contribution >= 0.6 is 34.5 Å². The second-order valence-corrected chi connectivity index (χ2v) is 8.62. The minimum Gasteiger partial charge on any atom is -0.481 e. The van der Waals surface area contributed by atoms with Gasteiger partial charge in [-0.15, -0.1) is 11.3 Å². The first kappa shape index (κ1) is 18.7. The number of carbonyl (C=O) groups is 1. The molecule has 4 rings (SSSR count). The zero-order valence-electron chi connectivity index (χ0n) is 14.4. The number of halogens is 2. The largest absolute Gasteiger partial charge is 0.481 e. The van der Waals surface area contributed by atoms with E-state index in [-0.39, 0.29) is 12.0 Å². The highest BCUT2D eigenvalue weighted by Crippen LogP contribution is 2.38. The molecule has 2 aromatic carbocycles. The maximum Gasteiger partial charge on any atom is 0.306 e. The summed E-state index contributed by atoms with van der Waals surface area (Å²) in [5.74, 6) is -0.980. The number of piperidine rings is 1. The normalized spacial score (nSPS) is 17.3. The topological polar surface area (TPSA) is 53.4 Å². The third-order valence-corrected chi connectivity index (χ3v) is 6.88. The summed E-state index contributed by atoms with van der Waals surface area (Å²) >= 11 is 14.1. The minimum absolute atomic E-state index is 0.0630. The fraction of sp³-hybridized carbons (Fsp3) is 0.300. The second-order valence-electron chi connectivity index (χ2n) is 6.74. The number of benzene rings is 2. The maximum atomic E-state index is 11.3. The van der Waals surface area contributed by atoms with Crippen molar-refractivity contribution in [2.75, 3.05) is 13.1 Å². The van der Waals surface area contributed by atoms with E-state index in [1.165, 1.54) is 0 Å². The van der Waals surface area contributed by atoms with Crippen LogP contribution in [0.25, 0.3) is 10.2 Å². The van der Waals surface area contributed by atoms with Crippen molar-refractivity contribution in [1.29, 1.82) is 0 Å². The molecule has 1 atom stereocenters. The van der Waals surface area contributed by atoms with Crippen molar-refractivity contribution in [1.82, 2.24) is 9.88 Å². The molecule has 1 saturated heterocycles. The summed E-state index contributed by atoms with van der Waals surface area (Å²) < 4.78 is 1.14. The van der Waals surface area contributed by atoms with Gasteiger partial charge in [-0.3, -0.25) is 9.69 Å². The lowest BCUT2D eigenvalue weighted by atomic mass is 9.94. The third kappa shape index (κ3) is 3.83. The van der Waals surface area contributed by atoms with E-state index >= 15 is 0 Å². The average Bonchev–Trinajstić information content (AvgIpc) is 3.09. The number of carboxylic acid groups (broad SMARTS) is 1. The van der Waals surface area contributed by atoms with Crippen LogP contribution in [0.1, 0.15) is 29.5 Å². The number of carboxylic acids is 1. The van der Waals surface area contributed by atoms with E-state index in [1.54, 1.807) is 11.3 Å². The summed E-state index contributed by atoms with van der Waals surface area (Å²) in [5, 5.41) is 11.3. The molecular formula is C20H18Cl2N2O2S. The Labute approximate surface area is 171 Å². The fourth-order valence-corrected chi connectivity index (χ4v) is 5.04. The summed E-state index contributed by atoms with van der Waals surface area (Å²) in [5.41, 5.74) is 2.00. The van der Waals surface area contributed by atoms with Gasteiger partial charge in [0.25, 0.3) is 0 Å². The van der Waals surface area contributed by atoms with Crippen molar-refractivity contribution in [3.05, 3.63) is 63.1 Å². The molecule has 1 unspecified atom stereocenters. The summed E-state index contributed by atoms with van der Waals surface area (Å²) in [6.45, 7) is 1.41. The molecule has 0 spiro atoms. The number of aliphatic carboxylic acids is 1. The Morgan fingerprint density at radius 1 is 1.15 bits per heavy atom. The lowest BCUT2D eigenvalue weighted by Gasteiger charge is -2.35. The quantitative estimate of drug-likeness (QED) is 0.605. The van der Waals surface area contributed by atoms with Gasteiger partial charge in [-0.05, 0) is 55.8 Å². The first-order valence-electron chi connectivity index (χ1n) is 8.80. The Bertz CT molecular complexity index is 950. The van der Waals surface area contributed by atoms with Crippen molar-refractivity contribution in [3.8, 4) is 0 Å². The van der Waals surface area contributed by atoms with Crippen molar-refractivity contribution in [3.63, 3.8) is 0 Å². The Balaban J connectivity index is 1.73. The minimum atomic E-state index is -0.708. The molecule has 0 aliphatic carbocycles. The van der Waals surface area contributed by atoms with Crippen LogP contribution in [-0.2, 0) is 4.79 Å². The zero-order chi connectivity index (χ0) is 19.0. The number of thiazole rings is 1. The van der Waals surface area contributed by atoms with E-state index in [1.807, 2.05) is 36.4 Å². The monoisotopic (exact) mass is 420 g/mol. The van der Waals surface area contributed by atoms with Gasteiger partial charge in [0.2, 0.25) is 0 Å². The lowest BCUT2D eigenvalue weighted by Crippen LogP contribution is -2.39. The van der Waals surface area contributed by atoms with Gasteiger partial charge in [0.05, 0.1) is 32.2 Å². The summed E-state index contributed by atoms with van der Waals surface area (Å²) in [6, 6.07) is 13.7. The number of para-hydroxylation sites is 1. The van der Waals surface area contributed by atoms with Gasteiger partial charge in [-0.25, -0.2) is 4.98 Å². The Morgan fingerprint density at radius 3 is 2.56 bits per heavy atom. The van der Waals surface area contributed by atoms with E-state index in [0.717, 1.165) is 20.8 Å². The standard InChI is InChI=1S/C20H18Cl2N2O2S/c21-14-6-5-13(11-15(14)22)18(24-9-7-12(8-10-24)20(25)26)19-23-16-3-1-2-4-17(16)27-19/h1-6,11-12,18H,7-10H2,(H,25,26). The van der Waals surface area contributed by atoms with E-state index in [4.69, 9.17) is 28.2 Å². The van der Waals surface area contributed by atoms with Crippen molar-refractivity contribution in [2.24, 2.45) is 5.92 Å². The molecule has 140 valence electrons. The SMILES string of the molecule is O=C(O)C1CCN(C(c2ccc(Cl)c(Cl)c2)c2nc3ccccc3s2)CC1. The highest BCUT2D eigenvalue weighted by molar-refractivity contribution is 7.18. The first-order valence-corrected chi connectivity index (χ1v) is 10.4. The van der Waals surface area contributed by atoms with Gasteiger partial charge in [-0.2, -0.15) is 0 Å². The zero-order valence-corrected chi connectivity index (χ0v) is 16.8. The molecule has 0 bridgehead atoms. The highest BCUT2D eigenvalue weighted by Gasteiger charge is 2.32.